The normalized spacial score (nSPS) is 10.2. The second-order valence-electron chi connectivity index (χ2n) is 4.41. The molecule has 1 aromatic heterocycles. The zero-order chi connectivity index (χ0) is 15.4. The average Bonchev–Trinajstić information content (AvgIpc) is 2.88. The second-order valence-corrected chi connectivity index (χ2v) is 5.39. The van der Waals surface area contributed by atoms with Gasteiger partial charge in [0.05, 0.1) is 7.11 Å². The molecule has 0 bridgehead atoms. The van der Waals surface area contributed by atoms with Crippen molar-refractivity contribution in [2.24, 2.45) is 0 Å². The monoisotopic (exact) mass is 306 g/mol. The minimum Gasteiger partial charge on any atom is -0.497 e. The van der Waals surface area contributed by atoms with E-state index in [1.807, 2.05) is 24.9 Å². The van der Waals surface area contributed by atoms with Crippen molar-refractivity contribution in [3.8, 4) is 5.75 Å². The second kappa shape index (κ2) is 6.45. The quantitative estimate of drug-likeness (QED) is 0.887. The van der Waals surface area contributed by atoms with Gasteiger partial charge >= 0.3 is 0 Å². The minimum absolute atomic E-state index is 0.246. The van der Waals surface area contributed by atoms with E-state index in [0.29, 0.717) is 16.3 Å². The van der Waals surface area contributed by atoms with Crippen LogP contribution in [0.1, 0.15) is 16.6 Å². The van der Waals surface area contributed by atoms with E-state index in [1.54, 1.807) is 25.3 Å². The van der Waals surface area contributed by atoms with E-state index in [9.17, 15) is 4.79 Å². The highest BCUT2D eigenvalue weighted by Crippen LogP contribution is 2.28. The molecule has 0 atom stereocenters. The van der Waals surface area contributed by atoms with Crippen LogP contribution < -0.4 is 20.7 Å². The molecule has 6 nitrogen and oxygen atoms in total. The van der Waals surface area contributed by atoms with Gasteiger partial charge in [0.2, 0.25) is 0 Å². The lowest BCUT2D eigenvalue weighted by molar-refractivity contribution is 0.103. The first-order valence-corrected chi connectivity index (χ1v) is 7.29. The van der Waals surface area contributed by atoms with Crippen LogP contribution >= 0.6 is 11.3 Å². The van der Waals surface area contributed by atoms with Crippen molar-refractivity contribution in [2.45, 2.75) is 6.92 Å². The standard InChI is InChI=1S/C14H18N4O2S/c1-4-18(2)14-17-12(15)11(21-14)13(19)16-9-6-5-7-10(8-9)20-3/h5-8H,4,15H2,1-3H3,(H,16,19). The number of carbonyl (C=O) groups excluding carboxylic acids is 1. The van der Waals surface area contributed by atoms with Gasteiger partial charge in [0.15, 0.2) is 5.13 Å². The van der Waals surface area contributed by atoms with E-state index in [4.69, 9.17) is 10.5 Å². The summed E-state index contributed by atoms with van der Waals surface area (Å²) in [6.07, 6.45) is 0. The molecule has 0 aliphatic carbocycles. The first-order chi connectivity index (χ1) is 10.0. The molecule has 0 unspecified atom stereocenters. The lowest BCUT2D eigenvalue weighted by atomic mass is 10.3. The van der Waals surface area contributed by atoms with Gasteiger partial charge < -0.3 is 20.7 Å². The molecule has 2 aromatic rings. The van der Waals surface area contributed by atoms with E-state index in [-0.39, 0.29) is 11.7 Å². The predicted octanol–water partition coefficient (Wildman–Crippen LogP) is 2.44. The van der Waals surface area contributed by atoms with Crippen LogP contribution in [0.3, 0.4) is 0 Å². The summed E-state index contributed by atoms with van der Waals surface area (Å²) in [5, 5.41) is 3.52. The van der Waals surface area contributed by atoms with E-state index < -0.39 is 0 Å². The van der Waals surface area contributed by atoms with E-state index in [2.05, 4.69) is 10.3 Å². The van der Waals surface area contributed by atoms with E-state index >= 15 is 0 Å². The number of ether oxygens (including phenoxy) is 1. The third-order valence-corrected chi connectivity index (χ3v) is 4.16. The predicted molar refractivity (Wildman–Crippen MR) is 86.4 cm³/mol. The van der Waals surface area contributed by atoms with Crippen LogP contribution in [0.15, 0.2) is 24.3 Å². The summed E-state index contributed by atoms with van der Waals surface area (Å²) in [5.74, 6) is 0.654. The molecule has 1 amide bonds. The lowest BCUT2D eigenvalue weighted by Crippen LogP contribution is -2.15. The number of hydrogen-bond donors (Lipinski definition) is 2. The van der Waals surface area contributed by atoms with Crippen LogP contribution in [0.5, 0.6) is 5.75 Å². The summed E-state index contributed by atoms with van der Waals surface area (Å²) in [5.41, 5.74) is 6.48. The number of aromatic nitrogens is 1. The number of nitrogens with two attached hydrogens (primary N) is 1. The third kappa shape index (κ3) is 3.43. The van der Waals surface area contributed by atoms with Gasteiger partial charge in [-0.1, -0.05) is 17.4 Å². The molecular weight excluding hydrogens is 288 g/mol. The molecule has 0 fully saturated rings. The Balaban J connectivity index is 2.18. The van der Waals surface area contributed by atoms with Gasteiger partial charge in [0, 0.05) is 25.3 Å². The van der Waals surface area contributed by atoms with Crippen LogP contribution in [-0.4, -0.2) is 31.6 Å². The van der Waals surface area contributed by atoms with Crippen LogP contribution in [0.4, 0.5) is 16.6 Å². The molecule has 1 aromatic carbocycles. The summed E-state index contributed by atoms with van der Waals surface area (Å²) < 4.78 is 5.12. The van der Waals surface area contributed by atoms with Gasteiger partial charge in [0.25, 0.3) is 5.91 Å². The fraction of sp³-hybridized carbons (Fsp3) is 0.286. The number of anilines is 3. The van der Waals surface area contributed by atoms with Gasteiger partial charge in [-0.05, 0) is 19.1 Å². The maximum Gasteiger partial charge on any atom is 0.269 e. The molecule has 112 valence electrons. The Morgan fingerprint density at radius 1 is 1.52 bits per heavy atom. The molecule has 0 saturated carbocycles. The van der Waals surface area contributed by atoms with Crippen molar-refractivity contribution in [1.29, 1.82) is 0 Å². The molecule has 0 radical (unpaired) electrons. The molecule has 2 rings (SSSR count). The largest absolute Gasteiger partial charge is 0.497 e. The topological polar surface area (TPSA) is 80.5 Å². The first-order valence-electron chi connectivity index (χ1n) is 6.48. The average molecular weight is 306 g/mol. The highest BCUT2D eigenvalue weighted by atomic mass is 32.1. The minimum atomic E-state index is -0.269. The Kier molecular flexibility index (Phi) is 4.64. The van der Waals surface area contributed by atoms with Gasteiger partial charge in [-0.2, -0.15) is 0 Å². The van der Waals surface area contributed by atoms with Crippen molar-refractivity contribution >= 4 is 33.9 Å². The maximum atomic E-state index is 12.3. The van der Waals surface area contributed by atoms with Gasteiger partial charge in [-0.15, -0.1) is 0 Å². The summed E-state index contributed by atoms with van der Waals surface area (Å²) in [7, 11) is 3.48. The SMILES string of the molecule is CCN(C)c1nc(N)c(C(=O)Nc2cccc(OC)c2)s1. The molecule has 0 saturated heterocycles. The van der Waals surface area contributed by atoms with Crippen LogP contribution in [0.25, 0.3) is 0 Å². The number of nitrogens with one attached hydrogen (secondary N) is 1. The number of nitrogen functional groups attached to an aromatic ring is 1. The smallest absolute Gasteiger partial charge is 0.269 e. The number of nitrogens with zero attached hydrogens (tertiary/aromatic N) is 2. The molecule has 0 aliphatic rings. The maximum absolute atomic E-state index is 12.3. The molecule has 1 heterocycles. The summed E-state index contributed by atoms with van der Waals surface area (Å²) in [6, 6.07) is 7.15. The zero-order valence-corrected chi connectivity index (χ0v) is 13.0. The Bertz CT molecular complexity index is 642. The third-order valence-electron chi connectivity index (χ3n) is 2.98. The summed E-state index contributed by atoms with van der Waals surface area (Å²) in [6.45, 7) is 2.80. The summed E-state index contributed by atoms with van der Waals surface area (Å²) in [4.78, 5) is 18.8. The Morgan fingerprint density at radius 2 is 2.29 bits per heavy atom. The lowest BCUT2D eigenvalue weighted by Gasteiger charge is -2.10. The fourth-order valence-electron chi connectivity index (χ4n) is 1.67. The van der Waals surface area contributed by atoms with E-state index in [1.165, 1.54) is 11.3 Å². The first kappa shape index (κ1) is 15.1. The highest BCUT2D eigenvalue weighted by molar-refractivity contribution is 7.18. The van der Waals surface area contributed by atoms with Crippen molar-refractivity contribution in [3.05, 3.63) is 29.1 Å². The number of benzene rings is 1. The molecule has 0 aliphatic heterocycles. The van der Waals surface area contributed by atoms with E-state index in [0.717, 1.165) is 11.7 Å². The van der Waals surface area contributed by atoms with Crippen LogP contribution in [0, 0.1) is 0 Å². The number of amides is 1. The number of hydrogen-bond acceptors (Lipinski definition) is 6. The fourth-order valence-corrected chi connectivity index (χ4v) is 2.58. The molecule has 3 N–H and O–H groups in total. The summed E-state index contributed by atoms with van der Waals surface area (Å²) >= 11 is 1.28. The molecule has 0 spiro atoms. The zero-order valence-electron chi connectivity index (χ0n) is 12.2. The van der Waals surface area contributed by atoms with Crippen LogP contribution in [0.2, 0.25) is 0 Å². The Morgan fingerprint density at radius 3 is 2.95 bits per heavy atom. The number of methoxy groups -OCH3 is 1. The van der Waals surface area contributed by atoms with Crippen LogP contribution in [-0.2, 0) is 0 Å². The van der Waals surface area contributed by atoms with Crippen molar-refractivity contribution in [3.63, 3.8) is 0 Å². The number of carbonyl (C=O) groups is 1. The highest BCUT2D eigenvalue weighted by Gasteiger charge is 2.18. The Labute approximate surface area is 127 Å². The molecule has 7 heteroatoms. The van der Waals surface area contributed by atoms with Crippen molar-refractivity contribution < 1.29 is 9.53 Å². The molecular formula is C14H18N4O2S. The van der Waals surface area contributed by atoms with Gasteiger partial charge in [0.1, 0.15) is 16.4 Å². The van der Waals surface area contributed by atoms with Gasteiger partial charge in [-0.3, -0.25) is 4.79 Å². The Hall–Kier alpha value is -2.28. The van der Waals surface area contributed by atoms with Crippen molar-refractivity contribution in [1.82, 2.24) is 4.98 Å². The number of thiazole rings is 1. The van der Waals surface area contributed by atoms with Crippen molar-refractivity contribution in [2.75, 3.05) is 36.7 Å². The molecule has 21 heavy (non-hydrogen) atoms. The number of rotatable bonds is 5. The van der Waals surface area contributed by atoms with Gasteiger partial charge in [-0.25, -0.2) is 4.98 Å².